The first-order valence-corrected chi connectivity index (χ1v) is 21.9. The minimum atomic E-state index is -2.63. The van der Waals surface area contributed by atoms with Crippen molar-refractivity contribution in [1.82, 2.24) is 15.0 Å². The van der Waals surface area contributed by atoms with Gasteiger partial charge in [-0.25, -0.2) is 23.7 Å². The van der Waals surface area contributed by atoms with Crippen molar-refractivity contribution in [2.24, 2.45) is 11.8 Å². The van der Waals surface area contributed by atoms with Crippen LogP contribution in [0.3, 0.4) is 0 Å². The number of alkyl halides is 2. The van der Waals surface area contributed by atoms with Crippen LogP contribution >= 0.6 is 11.3 Å². The Morgan fingerprint density at radius 3 is 2.02 bits per heavy atom. The van der Waals surface area contributed by atoms with Crippen LogP contribution in [-0.2, 0) is 20.9 Å². The maximum absolute atomic E-state index is 12.8. The molecule has 0 spiro atoms. The standard InChI is InChI=1S/C15H17NO3.C13H14F2N2S.C12H24O2.C6H14.CH2O2/c1-11-8-14(9-16-15(11)18-3)19-10-12-4-6-13(17-2)7-5-12;1-3-8(2)9-7-10(11-5-4-6-18-11)17-13(16-9)12(14)15;1-5-11(4)6-7-14-12(10(2)3)8-13-9-12;1-3-5-6-4-2;2-1-3/h4-9H,10H2,1-3H3;4-8,12H,3H2,1-2H3;10-11H,5-9H2,1-4H3;3-6H2,1-2H3;1H,(H,2,3). The number of carboxylic acid groups (broad SMARTS) is 1. The lowest BCUT2D eigenvalue weighted by atomic mass is 9.88. The van der Waals surface area contributed by atoms with E-state index in [1.165, 1.54) is 49.9 Å². The summed E-state index contributed by atoms with van der Waals surface area (Å²) in [6.07, 6.45) is 7.85. The molecule has 1 aliphatic heterocycles. The number of unbranched alkanes of at least 4 members (excludes halogenated alkanes) is 3. The normalized spacial score (nSPS) is 13.3. The van der Waals surface area contributed by atoms with Crippen molar-refractivity contribution >= 4 is 17.8 Å². The summed E-state index contributed by atoms with van der Waals surface area (Å²) in [7, 11) is 3.25. The summed E-state index contributed by atoms with van der Waals surface area (Å²) in [5.41, 5.74) is 3.34. The molecule has 2 unspecified atom stereocenters. The lowest BCUT2D eigenvalue weighted by molar-refractivity contribution is -0.231. The second-order valence-electron chi connectivity index (χ2n) is 14.9. The van der Waals surface area contributed by atoms with Gasteiger partial charge in [0.1, 0.15) is 23.7 Å². The number of rotatable bonds is 18. The molecule has 4 heterocycles. The van der Waals surface area contributed by atoms with Crippen LogP contribution in [0.4, 0.5) is 8.78 Å². The van der Waals surface area contributed by atoms with E-state index in [9.17, 15) is 8.78 Å². The number of thiophene rings is 1. The molecule has 1 aromatic carbocycles. The number of aryl methyl sites for hydroxylation is 1. The highest BCUT2D eigenvalue weighted by Gasteiger charge is 2.42. The molecule has 1 N–H and O–H groups in total. The molecule has 3 aromatic heterocycles. The summed E-state index contributed by atoms with van der Waals surface area (Å²) >= 11 is 1.49. The summed E-state index contributed by atoms with van der Waals surface area (Å²) in [5.74, 6) is 3.31. The molecule has 2 atom stereocenters. The van der Waals surface area contributed by atoms with Gasteiger partial charge in [-0.05, 0) is 78.8 Å². The van der Waals surface area contributed by atoms with Gasteiger partial charge in [0.15, 0.2) is 5.82 Å². The Labute approximate surface area is 362 Å². The highest BCUT2D eigenvalue weighted by molar-refractivity contribution is 7.13. The monoisotopic (exact) mass is 859 g/mol. The fraction of sp³-hybridized carbons (Fsp3) is 0.574. The van der Waals surface area contributed by atoms with Crippen LogP contribution in [0, 0.1) is 18.8 Å². The summed E-state index contributed by atoms with van der Waals surface area (Å²) in [6, 6.07) is 15.3. The maximum Gasteiger partial charge on any atom is 0.297 e. The first-order chi connectivity index (χ1) is 28.8. The average molecular weight is 860 g/mol. The smallest absolute Gasteiger partial charge is 0.297 e. The van der Waals surface area contributed by atoms with E-state index >= 15 is 0 Å². The van der Waals surface area contributed by atoms with Gasteiger partial charge in [0, 0.05) is 17.9 Å². The summed E-state index contributed by atoms with van der Waals surface area (Å²) in [5, 5.41) is 8.79. The van der Waals surface area contributed by atoms with E-state index in [-0.39, 0.29) is 23.8 Å². The van der Waals surface area contributed by atoms with Gasteiger partial charge in [0.25, 0.3) is 12.9 Å². The number of halogens is 2. The molecule has 0 bridgehead atoms. The quantitative estimate of drug-likeness (QED) is 0.0764. The van der Waals surface area contributed by atoms with Gasteiger partial charge >= 0.3 is 0 Å². The molecule has 4 aromatic rings. The molecule has 0 amide bonds. The maximum atomic E-state index is 12.8. The molecule has 0 aliphatic carbocycles. The second-order valence-corrected chi connectivity index (χ2v) is 15.9. The zero-order valence-electron chi connectivity index (χ0n) is 37.8. The molecule has 1 aliphatic rings. The Morgan fingerprint density at radius 2 is 1.57 bits per heavy atom. The molecule has 5 rings (SSSR count). The molecule has 0 radical (unpaired) electrons. The molecule has 0 saturated carbocycles. The SMILES string of the molecule is CCC(C)CCOC1(C(C)C)COC1.CCC(C)c1cc(-c2cccs2)nc(C(F)F)n1.CCCCCC.COc1ccc(COc2cnc(OC)c(C)c2)cc1.O=CO. The van der Waals surface area contributed by atoms with E-state index in [2.05, 4.69) is 56.5 Å². The number of benzene rings is 1. The first-order valence-electron chi connectivity index (χ1n) is 21.0. The third-order valence-corrected chi connectivity index (χ3v) is 10.9. The van der Waals surface area contributed by atoms with Crippen molar-refractivity contribution in [3.05, 3.63) is 82.8 Å². The highest BCUT2D eigenvalue weighted by Crippen LogP contribution is 2.31. The minimum absolute atomic E-state index is 0.0352. The fourth-order valence-electron chi connectivity index (χ4n) is 5.37. The molecule has 60 heavy (non-hydrogen) atoms. The summed E-state index contributed by atoms with van der Waals surface area (Å²) < 4.78 is 52.8. The third-order valence-electron chi connectivity index (χ3n) is 10.0. The van der Waals surface area contributed by atoms with E-state index in [4.69, 9.17) is 33.6 Å². The van der Waals surface area contributed by atoms with Crippen LogP contribution in [0.15, 0.2) is 60.1 Å². The summed E-state index contributed by atoms with van der Waals surface area (Å²) in [4.78, 5) is 21.3. The highest BCUT2D eigenvalue weighted by atomic mass is 32.1. The number of pyridine rings is 1. The van der Waals surface area contributed by atoms with Gasteiger partial charge in [-0.15, -0.1) is 11.3 Å². The van der Waals surface area contributed by atoms with Gasteiger partial charge in [-0.3, -0.25) is 4.79 Å². The Kier molecular flexibility index (Phi) is 27.6. The average Bonchev–Trinajstić information content (AvgIpc) is 3.79. The van der Waals surface area contributed by atoms with Crippen LogP contribution in [0.25, 0.3) is 10.6 Å². The molecule has 1 fully saturated rings. The summed E-state index contributed by atoms with van der Waals surface area (Å²) in [6.45, 7) is 22.0. The van der Waals surface area contributed by atoms with E-state index < -0.39 is 6.43 Å². The fourth-order valence-corrected chi connectivity index (χ4v) is 6.05. The van der Waals surface area contributed by atoms with Crippen LogP contribution in [-0.4, -0.2) is 66.2 Å². The van der Waals surface area contributed by atoms with Crippen LogP contribution in [0.5, 0.6) is 17.4 Å². The van der Waals surface area contributed by atoms with Crippen LogP contribution in [0.1, 0.15) is 135 Å². The Morgan fingerprint density at radius 1 is 0.917 bits per heavy atom. The van der Waals surface area contributed by atoms with Crippen molar-refractivity contribution in [1.29, 1.82) is 0 Å². The number of ether oxygens (including phenoxy) is 5. The van der Waals surface area contributed by atoms with Gasteiger partial charge < -0.3 is 28.8 Å². The molecule has 10 nitrogen and oxygen atoms in total. The molecular formula is C47H71F2N3O7S. The number of nitrogens with zero attached hydrogens (tertiary/aromatic N) is 3. The first kappa shape index (κ1) is 53.8. The van der Waals surface area contributed by atoms with Crippen molar-refractivity contribution < 1.29 is 42.4 Å². The molecule has 13 heteroatoms. The number of carbonyl (C=O) groups is 1. The zero-order chi connectivity index (χ0) is 44.9. The number of methoxy groups -OCH3 is 2. The zero-order valence-corrected chi connectivity index (χ0v) is 38.7. The number of aromatic nitrogens is 3. The largest absolute Gasteiger partial charge is 0.497 e. The predicted molar refractivity (Wildman–Crippen MR) is 239 cm³/mol. The minimum Gasteiger partial charge on any atom is -0.497 e. The van der Waals surface area contributed by atoms with Gasteiger partial charge in [-0.1, -0.05) is 106 Å². The van der Waals surface area contributed by atoms with E-state index in [0.29, 0.717) is 29.8 Å². The third kappa shape index (κ3) is 19.9. The van der Waals surface area contributed by atoms with E-state index in [1.54, 1.807) is 20.4 Å². The lowest BCUT2D eigenvalue weighted by Crippen LogP contribution is -2.56. The molecule has 1 saturated heterocycles. The van der Waals surface area contributed by atoms with Crippen molar-refractivity contribution in [2.75, 3.05) is 34.0 Å². The van der Waals surface area contributed by atoms with E-state index in [0.717, 1.165) is 59.7 Å². The predicted octanol–water partition coefficient (Wildman–Crippen LogP) is 12.8. The Hall–Kier alpha value is -4.20. The van der Waals surface area contributed by atoms with Crippen molar-refractivity contribution in [2.45, 2.75) is 132 Å². The topological polar surface area (TPSA) is 122 Å². The van der Waals surface area contributed by atoms with Crippen LogP contribution in [0.2, 0.25) is 0 Å². The van der Waals surface area contributed by atoms with Crippen molar-refractivity contribution in [3.8, 4) is 28.0 Å². The van der Waals surface area contributed by atoms with Gasteiger partial charge in [-0.2, -0.15) is 0 Å². The number of hydrogen-bond acceptors (Lipinski definition) is 10. The Bertz CT molecular complexity index is 1690. The number of hydrogen-bond donors (Lipinski definition) is 1. The molecular weight excluding hydrogens is 789 g/mol. The Balaban J connectivity index is 0.000000412. The second kappa shape index (κ2) is 30.8. The molecule has 336 valence electrons. The van der Waals surface area contributed by atoms with Gasteiger partial charge in [0.05, 0.1) is 44.2 Å². The van der Waals surface area contributed by atoms with E-state index in [1.807, 2.05) is 74.7 Å². The van der Waals surface area contributed by atoms with Gasteiger partial charge in [0.2, 0.25) is 5.88 Å². The lowest BCUT2D eigenvalue weighted by Gasteiger charge is -2.44. The van der Waals surface area contributed by atoms with Crippen molar-refractivity contribution in [3.63, 3.8) is 0 Å². The van der Waals surface area contributed by atoms with Crippen LogP contribution < -0.4 is 14.2 Å².